The molecule has 0 atom stereocenters. The van der Waals surface area contributed by atoms with Gasteiger partial charge in [0.25, 0.3) is 0 Å². The molecule has 3 heterocycles. The predicted molar refractivity (Wildman–Crippen MR) is 94.5 cm³/mol. The molecule has 0 bridgehead atoms. The Bertz CT molecular complexity index is 982. The minimum atomic E-state index is -1.10. The van der Waals surface area contributed by atoms with Gasteiger partial charge < -0.3 is 10.0 Å². The summed E-state index contributed by atoms with van der Waals surface area (Å²) in [5, 5.41) is 13.8. The molecule has 6 nitrogen and oxygen atoms in total. The van der Waals surface area contributed by atoms with Gasteiger partial charge in [-0.1, -0.05) is 15.9 Å². The maximum atomic E-state index is 14.3. The summed E-state index contributed by atoms with van der Waals surface area (Å²) >= 11 is 3.24. The van der Waals surface area contributed by atoms with E-state index >= 15 is 0 Å². The molecule has 4 rings (SSSR count). The molecule has 2 aromatic heterocycles. The number of hydrogen-bond acceptors (Lipinski definition) is 4. The van der Waals surface area contributed by atoms with Crippen LogP contribution in [0.25, 0.3) is 16.9 Å². The Hall–Kier alpha value is -2.48. The fraction of sp³-hybridized carbons (Fsp3) is 0.235. The van der Waals surface area contributed by atoms with E-state index in [1.54, 1.807) is 22.7 Å². The van der Waals surface area contributed by atoms with E-state index in [9.17, 15) is 14.3 Å². The molecule has 1 aromatic carbocycles. The lowest BCUT2D eigenvalue weighted by atomic mass is 10.1. The van der Waals surface area contributed by atoms with Crippen LogP contribution in [0.15, 0.2) is 34.8 Å². The van der Waals surface area contributed by atoms with Gasteiger partial charge in [-0.15, -0.1) is 0 Å². The van der Waals surface area contributed by atoms with E-state index in [1.807, 2.05) is 0 Å². The van der Waals surface area contributed by atoms with Crippen molar-refractivity contribution in [2.24, 2.45) is 0 Å². The van der Waals surface area contributed by atoms with Crippen LogP contribution >= 0.6 is 15.9 Å². The summed E-state index contributed by atoms with van der Waals surface area (Å²) in [6.45, 7) is 1.67. The van der Waals surface area contributed by atoms with Crippen LogP contribution in [0.3, 0.4) is 0 Å². The summed E-state index contributed by atoms with van der Waals surface area (Å²) in [6, 6.07) is 7.87. The van der Waals surface area contributed by atoms with Gasteiger partial charge in [0.15, 0.2) is 11.3 Å². The maximum Gasteiger partial charge on any atom is 0.354 e. The number of benzene rings is 1. The molecule has 1 N–H and O–H groups in total. The second-order valence-corrected chi connectivity index (χ2v) is 6.84. The van der Waals surface area contributed by atoms with Crippen molar-refractivity contribution < 1.29 is 14.3 Å². The summed E-state index contributed by atoms with van der Waals surface area (Å²) in [6.07, 6.45) is 2.09. The largest absolute Gasteiger partial charge is 0.477 e. The Morgan fingerprint density at radius 3 is 2.64 bits per heavy atom. The van der Waals surface area contributed by atoms with Crippen LogP contribution in [0.1, 0.15) is 23.3 Å². The lowest BCUT2D eigenvalue weighted by Crippen LogP contribution is -2.22. The average Bonchev–Trinajstić information content (AvgIpc) is 3.23. The summed E-state index contributed by atoms with van der Waals surface area (Å²) in [5.41, 5.74) is 1.11. The quantitative estimate of drug-likeness (QED) is 0.721. The zero-order valence-electron chi connectivity index (χ0n) is 13.1. The van der Waals surface area contributed by atoms with Crippen molar-refractivity contribution >= 4 is 33.4 Å². The zero-order valence-corrected chi connectivity index (χ0v) is 14.7. The molecule has 0 amide bonds. The minimum Gasteiger partial charge on any atom is -0.477 e. The minimum absolute atomic E-state index is 0.0443. The van der Waals surface area contributed by atoms with Crippen LogP contribution in [0.2, 0.25) is 0 Å². The molecule has 0 saturated carbocycles. The van der Waals surface area contributed by atoms with E-state index in [0.29, 0.717) is 27.2 Å². The number of anilines is 1. The number of carboxylic acid groups (broad SMARTS) is 1. The highest BCUT2D eigenvalue weighted by atomic mass is 79.9. The first-order chi connectivity index (χ1) is 12.0. The molecule has 1 saturated heterocycles. The Morgan fingerprint density at radius 2 is 1.96 bits per heavy atom. The first-order valence-electron chi connectivity index (χ1n) is 7.87. The molecule has 0 spiro atoms. The van der Waals surface area contributed by atoms with Gasteiger partial charge in [0.1, 0.15) is 11.6 Å². The molecular formula is C17H14BrFN4O2. The standard InChI is InChI=1S/C17H14BrFN4O2/c18-10-3-4-11(12(19)7-10)13-8-15-20-14(17(24)25)9-16(23(15)21-13)22-5-1-2-6-22/h3-4,7-9H,1-2,5-6H2,(H,24,25). The van der Waals surface area contributed by atoms with Gasteiger partial charge in [0.05, 0.1) is 5.69 Å². The number of fused-ring (bicyclic) bond motifs is 1. The SMILES string of the molecule is O=C(O)c1cc(N2CCCC2)n2nc(-c3ccc(Br)cc3F)cc2n1. The van der Waals surface area contributed by atoms with Crippen molar-refractivity contribution in [2.45, 2.75) is 12.8 Å². The molecule has 0 radical (unpaired) electrons. The van der Waals surface area contributed by atoms with Crippen molar-refractivity contribution in [3.63, 3.8) is 0 Å². The summed E-state index contributed by atoms with van der Waals surface area (Å²) in [4.78, 5) is 17.6. The predicted octanol–water partition coefficient (Wildman–Crippen LogP) is 3.60. The molecule has 0 aliphatic carbocycles. The summed E-state index contributed by atoms with van der Waals surface area (Å²) < 4.78 is 16.5. The van der Waals surface area contributed by atoms with E-state index in [4.69, 9.17) is 0 Å². The van der Waals surface area contributed by atoms with Gasteiger partial charge in [-0.2, -0.15) is 9.61 Å². The van der Waals surface area contributed by atoms with E-state index in [1.165, 1.54) is 12.1 Å². The lowest BCUT2D eigenvalue weighted by Gasteiger charge is -2.18. The van der Waals surface area contributed by atoms with Crippen molar-refractivity contribution in [3.8, 4) is 11.3 Å². The molecule has 1 fully saturated rings. The number of nitrogens with zero attached hydrogens (tertiary/aromatic N) is 4. The average molecular weight is 405 g/mol. The Kier molecular flexibility index (Phi) is 3.91. The second-order valence-electron chi connectivity index (χ2n) is 5.92. The number of rotatable bonds is 3. The van der Waals surface area contributed by atoms with Gasteiger partial charge in [-0.3, -0.25) is 0 Å². The van der Waals surface area contributed by atoms with Gasteiger partial charge in [0, 0.05) is 35.3 Å². The number of carboxylic acids is 1. The highest BCUT2D eigenvalue weighted by Gasteiger charge is 2.21. The third-order valence-corrected chi connectivity index (χ3v) is 4.76. The van der Waals surface area contributed by atoms with Crippen LogP contribution in [0, 0.1) is 5.82 Å². The van der Waals surface area contributed by atoms with Gasteiger partial charge in [0.2, 0.25) is 0 Å². The molecule has 8 heteroatoms. The van der Waals surface area contributed by atoms with Crippen molar-refractivity contribution in [1.82, 2.24) is 14.6 Å². The fourth-order valence-corrected chi connectivity index (χ4v) is 3.40. The van der Waals surface area contributed by atoms with Crippen LogP contribution < -0.4 is 4.90 Å². The molecule has 1 aliphatic heterocycles. The van der Waals surface area contributed by atoms with Gasteiger partial charge >= 0.3 is 5.97 Å². The lowest BCUT2D eigenvalue weighted by molar-refractivity contribution is 0.0690. The molecule has 0 unspecified atom stereocenters. The van der Waals surface area contributed by atoms with Crippen LogP contribution in [-0.4, -0.2) is 38.8 Å². The maximum absolute atomic E-state index is 14.3. The fourth-order valence-electron chi connectivity index (χ4n) is 3.07. The Balaban J connectivity index is 1.91. The second kappa shape index (κ2) is 6.11. The topological polar surface area (TPSA) is 70.7 Å². The van der Waals surface area contributed by atoms with Gasteiger partial charge in [-0.25, -0.2) is 14.2 Å². The number of aromatic carboxylic acids is 1. The first-order valence-corrected chi connectivity index (χ1v) is 8.67. The van der Waals surface area contributed by atoms with Crippen molar-refractivity contribution in [1.29, 1.82) is 0 Å². The van der Waals surface area contributed by atoms with E-state index in [2.05, 4.69) is 30.9 Å². The number of aromatic nitrogens is 3. The zero-order chi connectivity index (χ0) is 17.6. The smallest absolute Gasteiger partial charge is 0.354 e. The van der Waals surface area contributed by atoms with Crippen LogP contribution in [0.5, 0.6) is 0 Å². The molecule has 1 aliphatic rings. The van der Waals surface area contributed by atoms with Gasteiger partial charge in [-0.05, 0) is 31.0 Å². The van der Waals surface area contributed by atoms with Crippen molar-refractivity contribution in [3.05, 3.63) is 46.3 Å². The molecule has 3 aromatic rings. The Labute approximate surface area is 151 Å². The van der Waals surface area contributed by atoms with Crippen molar-refractivity contribution in [2.75, 3.05) is 18.0 Å². The summed E-state index contributed by atoms with van der Waals surface area (Å²) in [5.74, 6) is -0.830. The Morgan fingerprint density at radius 1 is 1.20 bits per heavy atom. The van der Waals surface area contributed by atoms with E-state index in [0.717, 1.165) is 25.9 Å². The summed E-state index contributed by atoms with van der Waals surface area (Å²) in [7, 11) is 0. The highest BCUT2D eigenvalue weighted by Crippen LogP contribution is 2.28. The third kappa shape index (κ3) is 2.86. The van der Waals surface area contributed by atoms with E-state index < -0.39 is 11.8 Å². The van der Waals surface area contributed by atoms with E-state index in [-0.39, 0.29) is 5.69 Å². The number of hydrogen-bond donors (Lipinski definition) is 1. The number of halogens is 2. The van der Waals surface area contributed by atoms with Crippen LogP contribution in [0.4, 0.5) is 10.2 Å². The molecular weight excluding hydrogens is 391 g/mol. The molecule has 128 valence electrons. The number of carbonyl (C=O) groups is 1. The van der Waals surface area contributed by atoms with Crippen LogP contribution in [-0.2, 0) is 0 Å². The highest BCUT2D eigenvalue weighted by molar-refractivity contribution is 9.10. The third-order valence-electron chi connectivity index (χ3n) is 4.26. The monoisotopic (exact) mass is 404 g/mol. The normalized spacial score (nSPS) is 14.4. The molecule has 25 heavy (non-hydrogen) atoms. The first kappa shape index (κ1) is 16.0.